The number of amides is 1. The zero-order valence-electron chi connectivity index (χ0n) is 8.70. The molecule has 3 nitrogen and oxygen atoms in total. The minimum absolute atomic E-state index is 0.126. The van der Waals surface area contributed by atoms with E-state index in [-0.39, 0.29) is 11.1 Å². The SMILES string of the molecule is O=C(NCCc1ccc(Br)s1)c1ccoc1Cl. The van der Waals surface area contributed by atoms with Crippen molar-refractivity contribution in [2.24, 2.45) is 0 Å². The second-order valence-corrected chi connectivity index (χ2v) is 6.21. The van der Waals surface area contributed by atoms with Gasteiger partial charge in [0.1, 0.15) is 0 Å². The topological polar surface area (TPSA) is 42.2 Å². The lowest BCUT2D eigenvalue weighted by molar-refractivity contribution is 0.0954. The summed E-state index contributed by atoms with van der Waals surface area (Å²) in [5.41, 5.74) is 0.374. The highest BCUT2D eigenvalue weighted by atomic mass is 79.9. The normalized spacial score (nSPS) is 10.5. The molecule has 0 aromatic carbocycles. The van der Waals surface area contributed by atoms with Crippen molar-refractivity contribution < 1.29 is 9.21 Å². The van der Waals surface area contributed by atoms with Crippen LogP contribution >= 0.6 is 38.9 Å². The van der Waals surface area contributed by atoms with Crippen LogP contribution in [-0.4, -0.2) is 12.5 Å². The molecule has 0 radical (unpaired) electrons. The molecule has 0 aliphatic carbocycles. The third kappa shape index (κ3) is 3.34. The third-order valence-corrected chi connectivity index (χ3v) is 4.12. The number of carbonyl (C=O) groups is 1. The molecule has 0 unspecified atom stereocenters. The minimum Gasteiger partial charge on any atom is -0.452 e. The number of nitrogens with one attached hydrogen (secondary N) is 1. The average molecular weight is 335 g/mol. The van der Waals surface area contributed by atoms with E-state index in [9.17, 15) is 4.79 Å². The Morgan fingerprint density at radius 2 is 2.29 bits per heavy atom. The summed E-state index contributed by atoms with van der Waals surface area (Å²) in [6, 6.07) is 5.58. The average Bonchev–Trinajstić information content (AvgIpc) is 2.87. The smallest absolute Gasteiger partial charge is 0.256 e. The zero-order chi connectivity index (χ0) is 12.3. The Labute approximate surface area is 116 Å². The summed E-state index contributed by atoms with van der Waals surface area (Å²) in [7, 11) is 0. The molecule has 0 aliphatic heterocycles. The molecule has 90 valence electrons. The summed E-state index contributed by atoms with van der Waals surface area (Å²) in [4.78, 5) is 12.9. The Balaban J connectivity index is 1.83. The lowest BCUT2D eigenvalue weighted by Gasteiger charge is -2.02. The van der Waals surface area contributed by atoms with Gasteiger partial charge in [-0.05, 0) is 52.2 Å². The maximum Gasteiger partial charge on any atom is 0.256 e. The maximum atomic E-state index is 11.7. The Hall–Kier alpha value is -0.780. The van der Waals surface area contributed by atoms with Crippen LogP contribution in [0.2, 0.25) is 5.22 Å². The standard InChI is InChI=1S/C11H9BrClNO2S/c12-9-2-1-7(17-9)3-5-14-11(15)8-4-6-16-10(8)13/h1-2,4,6H,3,5H2,(H,14,15). The van der Waals surface area contributed by atoms with Crippen molar-refractivity contribution in [3.63, 3.8) is 0 Å². The van der Waals surface area contributed by atoms with Crippen LogP contribution in [0, 0.1) is 0 Å². The molecule has 0 spiro atoms. The Morgan fingerprint density at radius 3 is 2.88 bits per heavy atom. The Bertz CT molecular complexity index is 523. The highest BCUT2D eigenvalue weighted by Gasteiger charge is 2.12. The molecular formula is C11H9BrClNO2S. The van der Waals surface area contributed by atoms with Gasteiger partial charge in [-0.2, -0.15) is 0 Å². The first-order valence-electron chi connectivity index (χ1n) is 4.92. The number of hydrogen-bond donors (Lipinski definition) is 1. The van der Waals surface area contributed by atoms with Crippen molar-refractivity contribution in [2.45, 2.75) is 6.42 Å². The van der Waals surface area contributed by atoms with E-state index < -0.39 is 0 Å². The third-order valence-electron chi connectivity index (χ3n) is 2.15. The molecule has 2 aromatic rings. The van der Waals surface area contributed by atoms with E-state index in [1.54, 1.807) is 17.4 Å². The first-order valence-corrected chi connectivity index (χ1v) is 6.91. The van der Waals surface area contributed by atoms with Gasteiger partial charge in [-0.1, -0.05) is 0 Å². The van der Waals surface area contributed by atoms with Crippen molar-refractivity contribution in [3.8, 4) is 0 Å². The van der Waals surface area contributed by atoms with E-state index in [0.29, 0.717) is 12.1 Å². The van der Waals surface area contributed by atoms with Crippen LogP contribution in [0.1, 0.15) is 15.2 Å². The molecular weight excluding hydrogens is 326 g/mol. The summed E-state index contributed by atoms with van der Waals surface area (Å²) in [5, 5.41) is 2.92. The summed E-state index contributed by atoms with van der Waals surface area (Å²) in [6.45, 7) is 0.577. The van der Waals surface area contributed by atoms with E-state index in [1.807, 2.05) is 12.1 Å². The molecule has 17 heavy (non-hydrogen) atoms. The second kappa shape index (κ2) is 5.71. The molecule has 2 aromatic heterocycles. The number of rotatable bonds is 4. The number of furan rings is 1. The molecule has 1 N–H and O–H groups in total. The highest BCUT2D eigenvalue weighted by molar-refractivity contribution is 9.11. The summed E-state index contributed by atoms with van der Waals surface area (Å²) in [6.07, 6.45) is 2.20. The van der Waals surface area contributed by atoms with Gasteiger partial charge in [0.25, 0.3) is 5.91 Å². The van der Waals surface area contributed by atoms with Crippen LogP contribution in [0.4, 0.5) is 0 Å². The molecule has 0 saturated carbocycles. The molecule has 0 bridgehead atoms. The van der Waals surface area contributed by atoms with Crippen LogP contribution in [-0.2, 0) is 6.42 Å². The molecule has 6 heteroatoms. The fraction of sp³-hybridized carbons (Fsp3) is 0.182. The molecule has 0 saturated heterocycles. The van der Waals surface area contributed by atoms with Crippen molar-refractivity contribution in [1.82, 2.24) is 5.32 Å². The van der Waals surface area contributed by atoms with E-state index in [1.165, 1.54) is 11.1 Å². The number of carbonyl (C=O) groups excluding carboxylic acids is 1. The number of halogens is 2. The van der Waals surface area contributed by atoms with Gasteiger partial charge in [0, 0.05) is 11.4 Å². The van der Waals surface area contributed by atoms with E-state index in [2.05, 4.69) is 21.2 Å². The number of hydrogen-bond acceptors (Lipinski definition) is 3. The summed E-state index contributed by atoms with van der Waals surface area (Å²) in [5.74, 6) is -0.209. The van der Waals surface area contributed by atoms with Gasteiger partial charge in [0.05, 0.1) is 15.6 Å². The monoisotopic (exact) mass is 333 g/mol. The van der Waals surface area contributed by atoms with Gasteiger partial charge >= 0.3 is 0 Å². The zero-order valence-corrected chi connectivity index (χ0v) is 11.9. The molecule has 0 aliphatic rings. The quantitative estimate of drug-likeness (QED) is 0.925. The predicted octanol–water partition coefficient (Wildman–Crippen LogP) is 3.73. The van der Waals surface area contributed by atoms with Crippen LogP contribution in [0.25, 0.3) is 0 Å². The van der Waals surface area contributed by atoms with Gasteiger partial charge in [-0.25, -0.2) is 0 Å². The van der Waals surface area contributed by atoms with Crippen molar-refractivity contribution in [1.29, 1.82) is 0 Å². The van der Waals surface area contributed by atoms with Gasteiger partial charge < -0.3 is 9.73 Å². The Kier molecular flexibility index (Phi) is 4.25. The van der Waals surface area contributed by atoms with Gasteiger partial charge in [-0.15, -0.1) is 11.3 Å². The van der Waals surface area contributed by atoms with Gasteiger partial charge in [0.15, 0.2) is 0 Å². The molecule has 2 heterocycles. The molecule has 1 amide bonds. The highest BCUT2D eigenvalue weighted by Crippen LogP contribution is 2.22. The van der Waals surface area contributed by atoms with Crippen molar-refractivity contribution in [2.75, 3.05) is 6.54 Å². The lowest BCUT2D eigenvalue weighted by Crippen LogP contribution is -2.25. The first-order chi connectivity index (χ1) is 8.16. The minimum atomic E-state index is -0.209. The molecule has 2 rings (SSSR count). The molecule has 0 atom stereocenters. The summed E-state index contributed by atoms with van der Waals surface area (Å²) < 4.78 is 5.95. The van der Waals surface area contributed by atoms with Crippen LogP contribution < -0.4 is 5.32 Å². The van der Waals surface area contributed by atoms with Crippen molar-refractivity contribution in [3.05, 3.63) is 43.9 Å². The van der Waals surface area contributed by atoms with Gasteiger partial charge in [-0.3, -0.25) is 4.79 Å². The fourth-order valence-electron chi connectivity index (χ4n) is 1.34. The second-order valence-electron chi connectivity index (χ2n) is 3.32. The summed E-state index contributed by atoms with van der Waals surface area (Å²) >= 11 is 10.8. The maximum absolute atomic E-state index is 11.7. The predicted molar refractivity (Wildman–Crippen MR) is 71.8 cm³/mol. The van der Waals surface area contributed by atoms with Crippen LogP contribution in [0.5, 0.6) is 0 Å². The Morgan fingerprint density at radius 1 is 1.47 bits per heavy atom. The van der Waals surface area contributed by atoms with E-state index in [4.69, 9.17) is 16.0 Å². The van der Waals surface area contributed by atoms with Crippen molar-refractivity contribution >= 4 is 44.8 Å². The lowest BCUT2D eigenvalue weighted by atomic mass is 10.3. The molecule has 0 fully saturated rings. The number of thiophene rings is 1. The van der Waals surface area contributed by atoms with E-state index >= 15 is 0 Å². The fourth-order valence-corrected chi connectivity index (χ4v) is 3.02. The van der Waals surface area contributed by atoms with E-state index in [0.717, 1.165) is 10.2 Å². The van der Waals surface area contributed by atoms with Gasteiger partial charge in [0.2, 0.25) is 5.22 Å². The van der Waals surface area contributed by atoms with Crippen LogP contribution in [0.3, 0.4) is 0 Å². The van der Waals surface area contributed by atoms with Crippen LogP contribution in [0.15, 0.2) is 32.7 Å². The largest absolute Gasteiger partial charge is 0.452 e. The first kappa shape index (κ1) is 12.7.